The number of anilines is 1. The van der Waals surface area contributed by atoms with Crippen LogP contribution in [0.4, 0.5) is 18.9 Å². The molecule has 1 aromatic heterocycles. The van der Waals surface area contributed by atoms with Crippen molar-refractivity contribution in [2.24, 2.45) is 0 Å². The lowest BCUT2D eigenvalue weighted by Crippen LogP contribution is -2.92. The van der Waals surface area contributed by atoms with Gasteiger partial charge < -0.3 is 15.1 Å². The number of halogens is 3. The molecule has 140 valence electrons. The molecular weight excluding hydrogens is 357 g/mol. The summed E-state index contributed by atoms with van der Waals surface area (Å²) in [5.74, 6) is -4.26. The first-order valence-corrected chi connectivity index (χ1v) is 8.35. The molecule has 27 heavy (non-hydrogen) atoms. The summed E-state index contributed by atoms with van der Waals surface area (Å²) < 4.78 is 45.6. The average molecular weight is 375 g/mol. The second-order valence-electron chi connectivity index (χ2n) is 6.10. The van der Waals surface area contributed by atoms with Gasteiger partial charge in [0.2, 0.25) is 0 Å². The fraction of sp³-hybridized carbons (Fsp3) is 0.150. The molecular formula is C20H18F3N2O2+. The molecule has 7 heteroatoms. The van der Waals surface area contributed by atoms with Crippen LogP contribution in [0.15, 0.2) is 65.3 Å². The van der Waals surface area contributed by atoms with Crippen LogP contribution in [-0.4, -0.2) is 11.9 Å². The third kappa shape index (κ3) is 4.20. The van der Waals surface area contributed by atoms with Gasteiger partial charge in [0.1, 0.15) is 0 Å². The third-order valence-electron chi connectivity index (χ3n) is 4.20. The summed E-state index contributed by atoms with van der Waals surface area (Å²) in [5.41, 5.74) is 0.513. The highest BCUT2D eigenvalue weighted by Crippen LogP contribution is 2.21. The van der Waals surface area contributed by atoms with E-state index >= 15 is 0 Å². The highest BCUT2D eigenvalue weighted by molar-refractivity contribution is 5.93. The van der Waals surface area contributed by atoms with Crippen LogP contribution in [0.2, 0.25) is 0 Å². The zero-order valence-corrected chi connectivity index (χ0v) is 14.5. The van der Waals surface area contributed by atoms with Crippen LogP contribution in [0.1, 0.15) is 24.3 Å². The van der Waals surface area contributed by atoms with E-state index in [4.69, 9.17) is 4.42 Å². The summed E-state index contributed by atoms with van der Waals surface area (Å²) in [7, 11) is 0. The Labute approximate surface area is 154 Å². The Morgan fingerprint density at radius 1 is 1.00 bits per heavy atom. The molecule has 0 aliphatic heterocycles. The summed E-state index contributed by atoms with van der Waals surface area (Å²) in [4.78, 5) is 12.4. The monoisotopic (exact) mass is 375 g/mol. The zero-order valence-electron chi connectivity index (χ0n) is 14.5. The first kappa shape index (κ1) is 18.7. The first-order chi connectivity index (χ1) is 13.0. The van der Waals surface area contributed by atoms with Crippen LogP contribution in [0.5, 0.6) is 0 Å². The number of nitrogens with two attached hydrogens (primary N) is 1. The quantitative estimate of drug-likeness (QED) is 0.649. The van der Waals surface area contributed by atoms with E-state index in [0.29, 0.717) is 5.76 Å². The molecule has 3 N–H and O–H groups in total. The highest BCUT2D eigenvalue weighted by atomic mass is 19.2. The maximum Gasteiger partial charge on any atom is 0.282 e. The van der Waals surface area contributed by atoms with Crippen LogP contribution < -0.4 is 10.6 Å². The predicted molar refractivity (Wildman–Crippen MR) is 93.3 cm³/mol. The van der Waals surface area contributed by atoms with Gasteiger partial charge >= 0.3 is 0 Å². The van der Waals surface area contributed by atoms with E-state index in [0.717, 1.165) is 17.7 Å². The second kappa shape index (κ2) is 8.09. The van der Waals surface area contributed by atoms with E-state index in [2.05, 4.69) is 5.32 Å². The summed E-state index contributed by atoms with van der Waals surface area (Å²) in [5, 5.41) is 4.05. The van der Waals surface area contributed by atoms with Gasteiger partial charge in [-0.15, -0.1) is 0 Å². The lowest BCUT2D eigenvalue weighted by Gasteiger charge is -2.19. The van der Waals surface area contributed by atoms with Crippen molar-refractivity contribution in [3.8, 4) is 0 Å². The molecule has 4 nitrogen and oxygen atoms in total. The van der Waals surface area contributed by atoms with E-state index in [1.54, 1.807) is 30.6 Å². The minimum atomic E-state index is -1.62. The summed E-state index contributed by atoms with van der Waals surface area (Å²) >= 11 is 0. The van der Waals surface area contributed by atoms with Crippen LogP contribution in [-0.2, 0) is 4.79 Å². The van der Waals surface area contributed by atoms with Crippen molar-refractivity contribution >= 4 is 11.6 Å². The van der Waals surface area contributed by atoms with Gasteiger partial charge in [0.15, 0.2) is 35.3 Å². The molecule has 1 heterocycles. The van der Waals surface area contributed by atoms with Crippen LogP contribution in [0, 0.1) is 17.5 Å². The Kier molecular flexibility index (Phi) is 5.61. The maximum atomic E-state index is 13.8. The standard InChI is InChI=1S/C20H17F3N2O2/c1-12(20(26)25-15-10-9-14(21)17(22)18(15)23)24-19(16-8-5-11-27-16)13-6-3-2-4-7-13/h2-12,19,24H,1H3,(H,25,26)/p+1/t12-,19+/m1/s1. The molecule has 0 fully saturated rings. The molecule has 3 rings (SSSR count). The van der Waals surface area contributed by atoms with Gasteiger partial charge in [-0.05, 0) is 31.2 Å². The highest BCUT2D eigenvalue weighted by Gasteiger charge is 2.27. The van der Waals surface area contributed by atoms with E-state index in [9.17, 15) is 18.0 Å². The number of carbonyl (C=O) groups excluding carboxylic acids is 1. The van der Waals surface area contributed by atoms with E-state index in [1.165, 1.54) is 0 Å². The van der Waals surface area contributed by atoms with Gasteiger partial charge in [-0.1, -0.05) is 30.3 Å². The minimum absolute atomic E-state index is 0.295. The summed E-state index contributed by atoms with van der Waals surface area (Å²) in [6.07, 6.45) is 1.54. The van der Waals surface area contributed by atoms with Crippen molar-refractivity contribution in [3.05, 3.63) is 89.6 Å². The molecule has 0 radical (unpaired) electrons. The SMILES string of the molecule is C[C@@H]([NH2+][C@@H](c1ccccc1)c1ccco1)C(=O)Nc1ccc(F)c(F)c1F. The fourth-order valence-electron chi connectivity index (χ4n) is 2.74. The summed E-state index contributed by atoms with van der Waals surface area (Å²) in [6, 6.07) is 13.8. The van der Waals surface area contributed by atoms with Gasteiger partial charge in [-0.2, -0.15) is 0 Å². The van der Waals surface area contributed by atoms with Crippen LogP contribution in [0.3, 0.4) is 0 Å². The molecule has 2 aromatic carbocycles. The average Bonchev–Trinajstić information content (AvgIpc) is 3.21. The van der Waals surface area contributed by atoms with Crippen molar-refractivity contribution in [3.63, 3.8) is 0 Å². The molecule has 3 aromatic rings. The van der Waals surface area contributed by atoms with Crippen LogP contribution >= 0.6 is 0 Å². The maximum absolute atomic E-state index is 13.8. The van der Waals surface area contributed by atoms with Crippen molar-refractivity contribution in [1.29, 1.82) is 0 Å². The van der Waals surface area contributed by atoms with E-state index < -0.39 is 35.1 Å². The molecule has 0 aliphatic rings. The number of hydrogen-bond donors (Lipinski definition) is 2. The number of furan rings is 1. The normalized spacial score (nSPS) is 13.2. The van der Waals surface area contributed by atoms with Gasteiger partial charge in [0, 0.05) is 5.56 Å². The Morgan fingerprint density at radius 2 is 1.74 bits per heavy atom. The molecule has 0 saturated heterocycles. The summed E-state index contributed by atoms with van der Waals surface area (Å²) in [6.45, 7) is 1.63. The Balaban J connectivity index is 1.77. The number of hydrogen-bond acceptors (Lipinski definition) is 2. The number of nitrogens with one attached hydrogen (secondary N) is 1. The first-order valence-electron chi connectivity index (χ1n) is 8.35. The number of amides is 1. The largest absolute Gasteiger partial charge is 0.463 e. The van der Waals surface area contributed by atoms with E-state index in [1.807, 2.05) is 30.3 Å². The molecule has 0 bridgehead atoms. The molecule has 1 amide bonds. The third-order valence-corrected chi connectivity index (χ3v) is 4.20. The molecule has 0 aliphatic carbocycles. The minimum Gasteiger partial charge on any atom is -0.463 e. The van der Waals surface area contributed by atoms with Crippen LogP contribution in [0.25, 0.3) is 0 Å². The van der Waals surface area contributed by atoms with Gasteiger partial charge in [0.05, 0.1) is 12.0 Å². The van der Waals surface area contributed by atoms with E-state index in [-0.39, 0.29) is 6.04 Å². The van der Waals surface area contributed by atoms with Crippen molar-refractivity contribution in [2.45, 2.75) is 19.0 Å². The van der Waals surface area contributed by atoms with Crippen molar-refractivity contribution in [1.82, 2.24) is 0 Å². The molecule has 0 unspecified atom stereocenters. The number of quaternary nitrogens is 1. The second-order valence-corrected chi connectivity index (χ2v) is 6.10. The Morgan fingerprint density at radius 3 is 2.41 bits per heavy atom. The topological polar surface area (TPSA) is 58.9 Å². The lowest BCUT2D eigenvalue weighted by atomic mass is 10.0. The van der Waals surface area contributed by atoms with Crippen molar-refractivity contribution < 1.29 is 27.7 Å². The Bertz CT molecular complexity index is 914. The predicted octanol–water partition coefficient (Wildman–Crippen LogP) is 3.38. The van der Waals surface area contributed by atoms with Gasteiger partial charge in [0.25, 0.3) is 5.91 Å². The van der Waals surface area contributed by atoms with Gasteiger partial charge in [-0.25, -0.2) is 13.2 Å². The van der Waals surface area contributed by atoms with Crippen molar-refractivity contribution in [2.75, 3.05) is 5.32 Å². The van der Waals surface area contributed by atoms with Gasteiger partial charge in [-0.3, -0.25) is 4.79 Å². The number of benzene rings is 2. The molecule has 0 spiro atoms. The molecule has 2 atom stereocenters. The smallest absolute Gasteiger partial charge is 0.282 e. The number of carbonyl (C=O) groups is 1. The number of rotatable bonds is 6. The molecule has 0 saturated carbocycles. The Hall–Kier alpha value is -3.06. The zero-order chi connectivity index (χ0) is 19.4. The fourth-order valence-corrected chi connectivity index (χ4v) is 2.74. The lowest BCUT2D eigenvalue weighted by molar-refractivity contribution is -0.706.